The number of amides is 1. The minimum absolute atomic E-state index is 0.0635. The van der Waals surface area contributed by atoms with E-state index in [4.69, 9.17) is 9.47 Å². The fraction of sp³-hybridized carbons (Fsp3) is 0.500. The second-order valence-corrected chi connectivity index (χ2v) is 4.45. The SMILES string of the molecule is COc1cccc(OC)c1[C@@H]1CCCN1C(C)=O. The molecule has 0 spiro atoms. The van der Waals surface area contributed by atoms with Crippen LogP contribution in [0.3, 0.4) is 0 Å². The molecule has 0 aliphatic carbocycles. The minimum atomic E-state index is 0.0635. The van der Waals surface area contributed by atoms with Gasteiger partial charge < -0.3 is 14.4 Å². The van der Waals surface area contributed by atoms with Crippen LogP contribution in [0.5, 0.6) is 11.5 Å². The molecule has 18 heavy (non-hydrogen) atoms. The highest BCUT2D eigenvalue weighted by Gasteiger charge is 2.32. The van der Waals surface area contributed by atoms with Gasteiger partial charge in [0.15, 0.2) is 0 Å². The molecule has 1 aromatic carbocycles. The number of carbonyl (C=O) groups is 1. The quantitative estimate of drug-likeness (QED) is 0.825. The molecule has 1 aliphatic heterocycles. The summed E-state index contributed by atoms with van der Waals surface area (Å²) in [6.45, 7) is 2.42. The third-order valence-corrected chi connectivity index (χ3v) is 3.46. The predicted molar refractivity (Wildman–Crippen MR) is 68.9 cm³/mol. The Balaban J connectivity index is 2.45. The van der Waals surface area contributed by atoms with Crippen LogP contribution in [0, 0.1) is 0 Å². The molecule has 2 rings (SSSR count). The van der Waals surface area contributed by atoms with Gasteiger partial charge in [-0.05, 0) is 25.0 Å². The van der Waals surface area contributed by atoms with Crippen LogP contribution in [0.4, 0.5) is 0 Å². The Hall–Kier alpha value is -1.71. The summed E-state index contributed by atoms with van der Waals surface area (Å²) in [5.74, 6) is 1.67. The van der Waals surface area contributed by atoms with E-state index in [1.54, 1.807) is 21.1 Å². The number of rotatable bonds is 3. The largest absolute Gasteiger partial charge is 0.496 e. The molecule has 4 heteroatoms. The molecule has 1 saturated heterocycles. The molecular formula is C14H19NO3. The highest BCUT2D eigenvalue weighted by atomic mass is 16.5. The lowest BCUT2D eigenvalue weighted by Crippen LogP contribution is -2.28. The van der Waals surface area contributed by atoms with E-state index in [1.165, 1.54) is 0 Å². The number of hydrogen-bond donors (Lipinski definition) is 0. The van der Waals surface area contributed by atoms with E-state index in [2.05, 4.69) is 0 Å². The van der Waals surface area contributed by atoms with Crippen molar-refractivity contribution < 1.29 is 14.3 Å². The normalized spacial score (nSPS) is 18.8. The zero-order chi connectivity index (χ0) is 13.1. The van der Waals surface area contributed by atoms with Crippen LogP contribution < -0.4 is 9.47 Å². The Labute approximate surface area is 107 Å². The van der Waals surface area contributed by atoms with E-state index in [0.717, 1.165) is 36.4 Å². The number of hydrogen-bond acceptors (Lipinski definition) is 3. The van der Waals surface area contributed by atoms with Crippen LogP contribution in [-0.2, 0) is 4.79 Å². The van der Waals surface area contributed by atoms with Crippen molar-refractivity contribution in [2.24, 2.45) is 0 Å². The van der Waals surface area contributed by atoms with E-state index in [-0.39, 0.29) is 11.9 Å². The zero-order valence-electron chi connectivity index (χ0n) is 11.1. The number of carbonyl (C=O) groups excluding carboxylic acids is 1. The standard InChI is InChI=1S/C14H19NO3/c1-10(16)15-9-5-6-11(15)14-12(17-2)7-4-8-13(14)18-3/h4,7-8,11H,5-6,9H2,1-3H3/t11-/m0/s1. The lowest BCUT2D eigenvalue weighted by atomic mass is 10.0. The summed E-state index contributed by atoms with van der Waals surface area (Å²) in [6.07, 6.45) is 1.97. The molecule has 1 amide bonds. The lowest BCUT2D eigenvalue weighted by molar-refractivity contribution is -0.129. The van der Waals surface area contributed by atoms with Gasteiger partial charge in [-0.1, -0.05) is 6.07 Å². The highest BCUT2D eigenvalue weighted by molar-refractivity contribution is 5.74. The molecule has 1 heterocycles. The summed E-state index contributed by atoms with van der Waals surface area (Å²) < 4.78 is 10.8. The van der Waals surface area contributed by atoms with Crippen molar-refractivity contribution in [2.75, 3.05) is 20.8 Å². The van der Waals surface area contributed by atoms with Crippen molar-refractivity contribution in [2.45, 2.75) is 25.8 Å². The van der Waals surface area contributed by atoms with Gasteiger partial charge in [0.05, 0.1) is 25.8 Å². The number of methoxy groups -OCH3 is 2. The first-order valence-corrected chi connectivity index (χ1v) is 6.17. The Morgan fingerprint density at radius 1 is 1.28 bits per heavy atom. The first-order valence-electron chi connectivity index (χ1n) is 6.17. The lowest BCUT2D eigenvalue weighted by Gasteiger charge is -2.26. The second-order valence-electron chi connectivity index (χ2n) is 4.45. The molecule has 0 radical (unpaired) electrons. The van der Waals surface area contributed by atoms with Gasteiger partial charge in [-0.15, -0.1) is 0 Å². The van der Waals surface area contributed by atoms with E-state index < -0.39 is 0 Å². The highest BCUT2D eigenvalue weighted by Crippen LogP contribution is 2.42. The van der Waals surface area contributed by atoms with Crippen LogP contribution >= 0.6 is 0 Å². The minimum Gasteiger partial charge on any atom is -0.496 e. The van der Waals surface area contributed by atoms with Crippen LogP contribution in [0.1, 0.15) is 31.4 Å². The molecule has 0 N–H and O–H groups in total. The van der Waals surface area contributed by atoms with E-state index in [0.29, 0.717) is 0 Å². The molecule has 4 nitrogen and oxygen atoms in total. The summed E-state index contributed by atoms with van der Waals surface area (Å²) in [4.78, 5) is 13.6. The summed E-state index contributed by atoms with van der Waals surface area (Å²) >= 11 is 0. The molecule has 0 saturated carbocycles. The molecule has 0 aromatic heterocycles. The molecule has 0 unspecified atom stereocenters. The van der Waals surface area contributed by atoms with Crippen molar-refractivity contribution in [1.29, 1.82) is 0 Å². The van der Waals surface area contributed by atoms with Gasteiger partial charge in [0.2, 0.25) is 5.91 Å². The third-order valence-electron chi connectivity index (χ3n) is 3.46. The van der Waals surface area contributed by atoms with Crippen LogP contribution in [-0.4, -0.2) is 31.6 Å². The van der Waals surface area contributed by atoms with E-state index in [1.807, 2.05) is 23.1 Å². The second kappa shape index (κ2) is 5.29. The third kappa shape index (κ3) is 2.15. The molecule has 1 aromatic rings. The van der Waals surface area contributed by atoms with Gasteiger partial charge in [0.25, 0.3) is 0 Å². The maximum Gasteiger partial charge on any atom is 0.219 e. The zero-order valence-corrected chi connectivity index (χ0v) is 11.1. The molecule has 1 atom stereocenters. The topological polar surface area (TPSA) is 38.8 Å². The van der Waals surface area contributed by atoms with Crippen molar-refractivity contribution in [3.63, 3.8) is 0 Å². The average Bonchev–Trinajstić information content (AvgIpc) is 2.86. The number of nitrogens with zero attached hydrogens (tertiary/aromatic N) is 1. The van der Waals surface area contributed by atoms with Gasteiger partial charge in [0, 0.05) is 13.5 Å². The molecule has 1 aliphatic rings. The summed E-state index contributed by atoms with van der Waals surface area (Å²) in [6, 6.07) is 5.78. The van der Waals surface area contributed by atoms with Gasteiger partial charge in [-0.3, -0.25) is 4.79 Å². The Morgan fingerprint density at radius 3 is 2.39 bits per heavy atom. The Kier molecular flexibility index (Phi) is 3.75. The van der Waals surface area contributed by atoms with Crippen LogP contribution in [0.15, 0.2) is 18.2 Å². The van der Waals surface area contributed by atoms with Crippen LogP contribution in [0.2, 0.25) is 0 Å². The smallest absolute Gasteiger partial charge is 0.219 e. The Bertz CT molecular complexity index is 422. The Morgan fingerprint density at radius 2 is 1.89 bits per heavy atom. The summed E-state index contributed by atoms with van der Waals surface area (Å²) in [5.41, 5.74) is 0.982. The fourth-order valence-corrected chi connectivity index (χ4v) is 2.65. The van der Waals surface area contributed by atoms with Crippen LogP contribution in [0.25, 0.3) is 0 Å². The van der Waals surface area contributed by atoms with Crippen molar-refractivity contribution in [3.05, 3.63) is 23.8 Å². The molecule has 0 bridgehead atoms. The maximum atomic E-state index is 11.7. The van der Waals surface area contributed by atoms with Gasteiger partial charge in [-0.2, -0.15) is 0 Å². The number of ether oxygens (including phenoxy) is 2. The summed E-state index contributed by atoms with van der Waals surface area (Å²) in [7, 11) is 3.29. The van der Waals surface area contributed by atoms with Gasteiger partial charge >= 0.3 is 0 Å². The van der Waals surface area contributed by atoms with E-state index in [9.17, 15) is 4.79 Å². The fourth-order valence-electron chi connectivity index (χ4n) is 2.65. The van der Waals surface area contributed by atoms with Crippen molar-refractivity contribution >= 4 is 5.91 Å². The van der Waals surface area contributed by atoms with E-state index >= 15 is 0 Å². The van der Waals surface area contributed by atoms with Gasteiger partial charge in [-0.25, -0.2) is 0 Å². The monoisotopic (exact) mass is 249 g/mol. The van der Waals surface area contributed by atoms with Gasteiger partial charge in [0.1, 0.15) is 11.5 Å². The first-order chi connectivity index (χ1) is 8.69. The number of likely N-dealkylation sites (tertiary alicyclic amines) is 1. The molecular weight excluding hydrogens is 230 g/mol. The number of benzene rings is 1. The first kappa shape index (κ1) is 12.7. The molecule has 98 valence electrons. The summed E-state index contributed by atoms with van der Waals surface area (Å²) in [5, 5.41) is 0. The average molecular weight is 249 g/mol. The van der Waals surface area contributed by atoms with Crippen molar-refractivity contribution in [3.8, 4) is 11.5 Å². The van der Waals surface area contributed by atoms with Crippen molar-refractivity contribution in [1.82, 2.24) is 4.90 Å². The molecule has 1 fully saturated rings. The predicted octanol–water partition coefficient (Wildman–Crippen LogP) is 2.39. The maximum absolute atomic E-state index is 11.7.